The van der Waals surface area contributed by atoms with Gasteiger partial charge in [0.1, 0.15) is 6.04 Å². The molecule has 0 saturated carbocycles. The normalized spacial score (nSPS) is 12.1. The first-order valence-electron chi connectivity index (χ1n) is 6.23. The Balaban J connectivity index is 1.81. The first-order valence-corrected chi connectivity index (χ1v) is 6.23. The Morgan fingerprint density at radius 3 is 2.74 bits per heavy atom. The minimum atomic E-state index is -0.620. The molecular formula is C14H18N4O. The fourth-order valence-corrected chi connectivity index (χ4v) is 1.83. The molecule has 0 aliphatic carbocycles. The predicted molar refractivity (Wildman–Crippen MR) is 73.3 cm³/mol. The molecule has 0 bridgehead atoms. The van der Waals surface area contributed by atoms with Gasteiger partial charge < -0.3 is 11.1 Å². The summed E-state index contributed by atoms with van der Waals surface area (Å²) in [6, 6.07) is 10.7. The number of hydrogen-bond acceptors (Lipinski definition) is 3. The SMILES string of the molecule is Cn1ccc(CCNC(=O)[C@@H](N)c2ccccc2)n1. The number of carbonyl (C=O) groups is 1. The Morgan fingerprint density at radius 1 is 1.37 bits per heavy atom. The lowest BCUT2D eigenvalue weighted by Gasteiger charge is -2.12. The zero-order chi connectivity index (χ0) is 13.7. The van der Waals surface area contributed by atoms with E-state index in [9.17, 15) is 4.79 Å². The molecule has 0 unspecified atom stereocenters. The third-order valence-electron chi connectivity index (χ3n) is 2.89. The van der Waals surface area contributed by atoms with E-state index in [0.29, 0.717) is 13.0 Å². The van der Waals surface area contributed by atoms with Crippen LogP contribution in [0.5, 0.6) is 0 Å². The van der Waals surface area contributed by atoms with Gasteiger partial charge in [-0.2, -0.15) is 5.10 Å². The van der Waals surface area contributed by atoms with Crippen molar-refractivity contribution in [3.8, 4) is 0 Å². The fraction of sp³-hybridized carbons (Fsp3) is 0.286. The van der Waals surface area contributed by atoms with Crippen LogP contribution in [0.25, 0.3) is 0 Å². The zero-order valence-electron chi connectivity index (χ0n) is 10.9. The molecule has 1 heterocycles. The quantitative estimate of drug-likeness (QED) is 0.832. The van der Waals surface area contributed by atoms with E-state index in [-0.39, 0.29) is 5.91 Å². The molecule has 100 valence electrons. The number of nitrogens with one attached hydrogen (secondary N) is 1. The number of aromatic nitrogens is 2. The fourth-order valence-electron chi connectivity index (χ4n) is 1.83. The smallest absolute Gasteiger partial charge is 0.241 e. The van der Waals surface area contributed by atoms with Crippen LogP contribution in [0, 0.1) is 0 Å². The van der Waals surface area contributed by atoms with E-state index in [1.165, 1.54) is 0 Å². The molecule has 0 saturated heterocycles. The first kappa shape index (κ1) is 13.3. The minimum absolute atomic E-state index is 0.165. The second kappa shape index (κ2) is 6.15. The maximum atomic E-state index is 11.9. The van der Waals surface area contributed by atoms with E-state index in [1.54, 1.807) is 4.68 Å². The van der Waals surface area contributed by atoms with Crippen LogP contribution in [-0.2, 0) is 18.3 Å². The highest BCUT2D eigenvalue weighted by molar-refractivity contribution is 5.82. The minimum Gasteiger partial charge on any atom is -0.354 e. The van der Waals surface area contributed by atoms with Gasteiger partial charge in [0.2, 0.25) is 5.91 Å². The van der Waals surface area contributed by atoms with Gasteiger partial charge in [0.25, 0.3) is 0 Å². The average molecular weight is 258 g/mol. The molecule has 1 aromatic carbocycles. The van der Waals surface area contributed by atoms with Crippen molar-refractivity contribution in [3.63, 3.8) is 0 Å². The topological polar surface area (TPSA) is 72.9 Å². The lowest BCUT2D eigenvalue weighted by Crippen LogP contribution is -2.35. The summed E-state index contributed by atoms with van der Waals surface area (Å²) in [6.45, 7) is 0.538. The maximum Gasteiger partial charge on any atom is 0.241 e. The van der Waals surface area contributed by atoms with Gasteiger partial charge in [0.15, 0.2) is 0 Å². The van der Waals surface area contributed by atoms with Crippen LogP contribution in [-0.4, -0.2) is 22.2 Å². The summed E-state index contributed by atoms with van der Waals surface area (Å²) in [7, 11) is 1.87. The molecule has 0 radical (unpaired) electrons. The summed E-state index contributed by atoms with van der Waals surface area (Å²) in [4.78, 5) is 11.9. The Kier molecular flexibility index (Phi) is 4.30. The van der Waals surface area contributed by atoms with Crippen molar-refractivity contribution >= 4 is 5.91 Å². The number of nitrogens with two attached hydrogens (primary N) is 1. The number of hydrogen-bond donors (Lipinski definition) is 2. The second-order valence-corrected chi connectivity index (χ2v) is 4.41. The van der Waals surface area contributed by atoms with E-state index in [0.717, 1.165) is 11.3 Å². The van der Waals surface area contributed by atoms with Crippen molar-refractivity contribution in [1.29, 1.82) is 0 Å². The third-order valence-corrected chi connectivity index (χ3v) is 2.89. The summed E-state index contributed by atoms with van der Waals surface area (Å²) < 4.78 is 1.74. The van der Waals surface area contributed by atoms with Gasteiger partial charge in [-0.1, -0.05) is 30.3 Å². The van der Waals surface area contributed by atoms with Crippen molar-refractivity contribution in [2.75, 3.05) is 6.54 Å². The van der Waals surface area contributed by atoms with Crippen molar-refractivity contribution in [2.24, 2.45) is 12.8 Å². The Hall–Kier alpha value is -2.14. The highest BCUT2D eigenvalue weighted by Gasteiger charge is 2.14. The Labute approximate surface area is 112 Å². The molecule has 1 atom stereocenters. The second-order valence-electron chi connectivity index (χ2n) is 4.41. The van der Waals surface area contributed by atoms with E-state index in [4.69, 9.17) is 5.73 Å². The molecule has 1 amide bonds. The van der Waals surface area contributed by atoms with Crippen LogP contribution >= 0.6 is 0 Å². The van der Waals surface area contributed by atoms with Gasteiger partial charge in [-0.05, 0) is 11.6 Å². The van der Waals surface area contributed by atoms with Crippen LogP contribution in [0.2, 0.25) is 0 Å². The third kappa shape index (κ3) is 3.66. The number of rotatable bonds is 5. The van der Waals surface area contributed by atoms with Gasteiger partial charge in [-0.15, -0.1) is 0 Å². The molecule has 0 aliphatic rings. The van der Waals surface area contributed by atoms with Gasteiger partial charge in [-0.3, -0.25) is 9.48 Å². The number of aryl methyl sites for hydroxylation is 1. The number of nitrogens with zero attached hydrogens (tertiary/aromatic N) is 2. The number of benzene rings is 1. The Morgan fingerprint density at radius 2 is 2.11 bits per heavy atom. The molecule has 5 heteroatoms. The first-order chi connectivity index (χ1) is 9.16. The largest absolute Gasteiger partial charge is 0.354 e. The van der Waals surface area contributed by atoms with Crippen molar-refractivity contribution in [3.05, 3.63) is 53.9 Å². The van der Waals surface area contributed by atoms with E-state index >= 15 is 0 Å². The van der Waals surface area contributed by atoms with E-state index < -0.39 is 6.04 Å². The molecule has 3 N–H and O–H groups in total. The highest BCUT2D eigenvalue weighted by atomic mass is 16.2. The van der Waals surface area contributed by atoms with Gasteiger partial charge in [0, 0.05) is 26.2 Å². The summed E-state index contributed by atoms with van der Waals surface area (Å²) in [5.74, 6) is -0.165. The lowest BCUT2D eigenvalue weighted by molar-refractivity contribution is -0.122. The molecule has 5 nitrogen and oxygen atoms in total. The molecule has 0 fully saturated rings. The summed E-state index contributed by atoms with van der Waals surface area (Å²) in [5.41, 5.74) is 7.66. The van der Waals surface area contributed by atoms with Crippen LogP contribution in [0.1, 0.15) is 17.3 Å². The highest BCUT2D eigenvalue weighted by Crippen LogP contribution is 2.09. The summed E-state index contributed by atoms with van der Waals surface area (Å²) in [5, 5.41) is 7.07. The predicted octanol–water partition coefficient (Wildman–Crippen LogP) is 0.779. The van der Waals surface area contributed by atoms with Crippen molar-refractivity contribution in [1.82, 2.24) is 15.1 Å². The monoisotopic (exact) mass is 258 g/mol. The van der Waals surface area contributed by atoms with Crippen molar-refractivity contribution in [2.45, 2.75) is 12.5 Å². The maximum absolute atomic E-state index is 11.9. The standard InChI is InChI=1S/C14H18N4O/c1-18-10-8-12(17-18)7-9-16-14(19)13(15)11-5-3-2-4-6-11/h2-6,8,10,13H,7,9,15H2,1H3,(H,16,19)/t13-/m0/s1. The van der Waals surface area contributed by atoms with Crippen LogP contribution < -0.4 is 11.1 Å². The average Bonchev–Trinajstić information content (AvgIpc) is 2.84. The summed E-state index contributed by atoms with van der Waals surface area (Å²) >= 11 is 0. The van der Waals surface area contributed by atoms with E-state index in [2.05, 4.69) is 10.4 Å². The molecule has 0 aliphatic heterocycles. The number of carbonyl (C=O) groups excluding carboxylic acids is 1. The number of amides is 1. The van der Waals surface area contributed by atoms with E-state index in [1.807, 2.05) is 49.6 Å². The molecule has 1 aromatic heterocycles. The van der Waals surface area contributed by atoms with Gasteiger partial charge in [-0.25, -0.2) is 0 Å². The van der Waals surface area contributed by atoms with Crippen molar-refractivity contribution < 1.29 is 4.79 Å². The zero-order valence-corrected chi connectivity index (χ0v) is 10.9. The van der Waals surface area contributed by atoms with Gasteiger partial charge >= 0.3 is 0 Å². The van der Waals surface area contributed by atoms with Crippen LogP contribution in [0.4, 0.5) is 0 Å². The van der Waals surface area contributed by atoms with Gasteiger partial charge in [0.05, 0.1) is 5.69 Å². The molecule has 2 rings (SSSR count). The molecule has 2 aromatic rings. The van der Waals surface area contributed by atoms with Crippen LogP contribution in [0.15, 0.2) is 42.6 Å². The summed E-state index contributed by atoms with van der Waals surface area (Å²) in [6.07, 6.45) is 2.58. The molecule has 0 spiro atoms. The lowest BCUT2D eigenvalue weighted by atomic mass is 10.1. The molecule has 19 heavy (non-hydrogen) atoms. The van der Waals surface area contributed by atoms with Crippen LogP contribution in [0.3, 0.4) is 0 Å². The Bertz CT molecular complexity index is 535. The molecular weight excluding hydrogens is 240 g/mol.